The van der Waals surface area contributed by atoms with E-state index < -0.39 is 0 Å². The highest BCUT2D eigenvalue weighted by atomic mass is 35.5. The summed E-state index contributed by atoms with van der Waals surface area (Å²) in [4.78, 5) is 14.6. The van der Waals surface area contributed by atoms with Crippen LogP contribution < -0.4 is 10.6 Å². The first-order chi connectivity index (χ1) is 13.0. The number of hydrogen-bond acceptors (Lipinski definition) is 3. The van der Waals surface area contributed by atoms with E-state index in [0.717, 1.165) is 37.2 Å². The second-order valence-corrected chi connectivity index (χ2v) is 7.90. The van der Waals surface area contributed by atoms with Gasteiger partial charge in [0.1, 0.15) is 5.82 Å². The number of hydrogen-bond donors (Lipinski definition) is 2. The molecule has 0 saturated carbocycles. The summed E-state index contributed by atoms with van der Waals surface area (Å²) in [6, 6.07) is 12.9. The zero-order valence-corrected chi connectivity index (χ0v) is 15.9. The van der Waals surface area contributed by atoms with Crippen LogP contribution in [0.4, 0.5) is 10.1 Å². The van der Waals surface area contributed by atoms with Gasteiger partial charge in [-0.05, 0) is 36.6 Å². The van der Waals surface area contributed by atoms with Gasteiger partial charge in [-0.15, -0.1) is 0 Å². The zero-order valence-electron chi connectivity index (χ0n) is 15.1. The number of fused-ring (bicyclic) bond motifs is 1. The maximum absolute atomic E-state index is 14.1. The van der Waals surface area contributed by atoms with Crippen molar-refractivity contribution < 1.29 is 9.18 Å². The van der Waals surface area contributed by atoms with E-state index in [2.05, 4.69) is 21.6 Å². The largest absolute Gasteiger partial charge is 0.379 e. The smallest absolute Gasteiger partial charge is 0.222 e. The molecule has 6 heteroatoms. The van der Waals surface area contributed by atoms with Gasteiger partial charge in [0.25, 0.3) is 0 Å². The van der Waals surface area contributed by atoms with Crippen LogP contribution in [0.5, 0.6) is 0 Å². The van der Waals surface area contributed by atoms with Crippen LogP contribution in [0.2, 0.25) is 5.02 Å². The van der Waals surface area contributed by atoms with Gasteiger partial charge >= 0.3 is 0 Å². The monoisotopic (exact) mass is 387 g/mol. The Morgan fingerprint density at radius 2 is 1.89 bits per heavy atom. The number of nitrogens with one attached hydrogen (secondary N) is 2. The van der Waals surface area contributed by atoms with Crippen molar-refractivity contribution >= 4 is 23.2 Å². The minimum Gasteiger partial charge on any atom is -0.379 e. The second-order valence-electron chi connectivity index (χ2n) is 7.49. The maximum Gasteiger partial charge on any atom is 0.222 e. The van der Waals surface area contributed by atoms with Gasteiger partial charge in [-0.25, -0.2) is 4.39 Å². The molecule has 27 heavy (non-hydrogen) atoms. The lowest BCUT2D eigenvalue weighted by molar-refractivity contribution is -0.122. The SMILES string of the molecule is O=C1CC2(CCN(Cc3c(F)cccc3Cl)CC2)Nc2ccccc2CN1. The summed E-state index contributed by atoms with van der Waals surface area (Å²) in [6.45, 7) is 2.61. The van der Waals surface area contributed by atoms with Crippen LogP contribution in [0, 0.1) is 5.82 Å². The third-order valence-electron chi connectivity index (χ3n) is 5.65. The predicted octanol–water partition coefficient (Wildman–Crippen LogP) is 3.95. The van der Waals surface area contributed by atoms with Crippen molar-refractivity contribution in [1.82, 2.24) is 10.2 Å². The lowest BCUT2D eigenvalue weighted by Gasteiger charge is -2.44. The molecule has 142 valence electrons. The van der Waals surface area contributed by atoms with Gasteiger partial charge in [0, 0.05) is 54.4 Å². The molecule has 0 aromatic heterocycles. The highest BCUT2D eigenvalue weighted by Gasteiger charge is 2.38. The third kappa shape index (κ3) is 3.94. The molecule has 1 amide bonds. The average molecular weight is 388 g/mol. The molecule has 2 aromatic carbocycles. The van der Waals surface area contributed by atoms with Crippen LogP contribution in [-0.4, -0.2) is 29.4 Å². The van der Waals surface area contributed by atoms with Crippen molar-refractivity contribution in [2.45, 2.75) is 37.9 Å². The highest BCUT2D eigenvalue weighted by Crippen LogP contribution is 2.34. The van der Waals surface area contributed by atoms with Crippen molar-refractivity contribution in [3.05, 3.63) is 64.4 Å². The molecule has 1 saturated heterocycles. The molecule has 4 nitrogen and oxygen atoms in total. The number of piperidine rings is 1. The topological polar surface area (TPSA) is 44.4 Å². The minimum absolute atomic E-state index is 0.0719. The number of benzene rings is 2. The molecule has 0 aliphatic carbocycles. The molecule has 0 radical (unpaired) electrons. The normalized spacial score (nSPS) is 19.6. The maximum atomic E-state index is 14.1. The summed E-state index contributed by atoms with van der Waals surface area (Å²) >= 11 is 6.17. The Balaban J connectivity index is 1.49. The summed E-state index contributed by atoms with van der Waals surface area (Å²) < 4.78 is 14.1. The van der Waals surface area contributed by atoms with Crippen LogP contribution in [0.3, 0.4) is 0 Å². The first kappa shape index (κ1) is 18.3. The quantitative estimate of drug-likeness (QED) is 0.820. The number of nitrogens with zero attached hydrogens (tertiary/aromatic N) is 1. The molecule has 2 heterocycles. The number of amides is 1. The molecule has 1 spiro atoms. The molecule has 2 aliphatic heterocycles. The van der Waals surface area contributed by atoms with Gasteiger partial charge in [0.15, 0.2) is 0 Å². The molecule has 2 aromatic rings. The van der Waals surface area contributed by atoms with E-state index in [4.69, 9.17) is 11.6 Å². The lowest BCUT2D eigenvalue weighted by atomic mass is 9.82. The van der Waals surface area contributed by atoms with E-state index in [0.29, 0.717) is 30.1 Å². The minimum atomic E-state index is -0.268. The second kappa shape index (κ2) is 7.49. The third-order valence-corrected chi connectivity index (χ3v) is 6.00. The van der Waals surface area contributed by atoms with Gasteiger partial charge in [-0.1, -0.05) is 35.9 Å². The van der Waals surface area contributed by atoms with Crippen molar-refractivity contribution in [3.8, 4) is 0 Å². The lowest BCUT2D eigenvalue weighted by Crippen LogP contribution is -2.52. The molecular weight excluding hydrogens is 365 g/mol. The summed E-state index contributed by atoms with van der Waals surface area (Å²) in [5, 5.41) is 7.15. The van der Waals surface area contributed by atoms with Gasteiger partial charge in [0.2, 0.25) is 5.91 Å². The van der Waals surface area contributed by atoms with E-state index in [9.17, 15) is 9.18 Å². The number of anilines is 1. The molecular formula is C21H23ClFN3O. The average Bonchev–Trinajstić information content (AvgIpc) is 2.64. The fourth-order valence-electron chi connectivity index (χ4n) is 4.04. The van der Waals surface area contributed by atoms with Gasteiger partial charge in [-0.3, -0.25) is 9.69 Å². The Morgan fingerprint density at radius 1 is 1.11 bits per heavy atom. The summed E-state index contributed by atoms with van der Waals surface area (Å²) in [5.41, 5.74) is 2.47. The number of likely N-dealkylation sites (tertiary alicyclic amines) is 1. The van der Waals surface area contributed by atoms with Crippen molar-refractivity contribution in [3.63, 3.8) is 0 Å². The fraction of sp³-hybridized carbons (Fsp3) is 0.381. The standard InChI is InChI=1S/C21H23ClFN3O/c22-17-5-3-6-18(23)16(17)14-26-10-8-21(9-11-26)12-20(27)24-13-15-4-1-2-7-19(15)25-21/h1-7,25H,8-14H2,(H,24,27). The number of carbonyl (C=O) groups is 1. The van der Waals surface area contributed by atoms with Gasteiger partial charge in [0.05, 0.1) is 0 Å². The number of rotatable bonds is 2. The Kier molecular flexibility index (Phi) is 5.06. The molecule has 4 rings (SSSR count). The Hall–Kier alpha value is -2.11. The number of halogens is 2. The molecule has 1 fully saturated rings. The molecule has 0 bridgehead atoms. The van der Waals surface area contributed by atoms with E-state index in [1.807, 2.05) is 18.2 Å². The van der Waals surface area contributed by atoms with Crippen molar-refractivity contribution in [2.24, 2.45) is 0 Å². The van der Waals surface area contributed by atoms with E-state index in [1.165, 1.54) is 6.07 Å². The van der Waals surface area contributed by atoms with Crippen LogP contribution in [-0.2, 0) is 17.9 Å². The summed E-state index contributed by atoms with van der Waals surface area (Å²) in [6.07, 6.45) is 2.09. The highest BCUT2D eigenvalue weighted by molar-refractivity contribution is 6.31. The molecule has 2 aliphatic rings. The van der Waals surface area contributed by atoms with E-state index in [-0.39, 0.29) is 17.3 Å². The predicted molar refractivity (Wildman–Crippen MR) is 105 cm³/mol. The van der Waals surface area contributed by atoms with Crippen LogP contribution in [0.1, 0.15) is 30.4 Å². The number of para-hydroxylation sites is 1. The fourth-order valence-corrected chi connectivity index (χ4v) is 4.26. The first-order valence-electron chi connectivity index (χ1n) is 9.33. The Labute approximate surface area is 163 Å². The van der Waals surface area contributed by atoms with Crippen molar-refractivity contribution in [1.29, 1.82) is 0 Å². The summed E-state index contributed by atoms with van der Waals surface area (Å²) in [5.74, 6) is -0.192. The van der Waals surface area contributed by atoms with Gasteiger partial charge < -0.3 is 10.6 Å². The molecule has 0 unspecified atom stereocenters. The number of carbonyl (C=O) groups excluding carboxylic acids is 1. The molecule has 2 N–H and O–H groups in total. The Bertz CT molecular complexity index is 829. The summed E-state index contributed by atoms with van der Waals surface area (Å²) in [7, 11) is 0. The molecule has 0 atom stereocenters. The van der Waals surface area contributed by atoms with Crippen LogP contribution in [0.25, 0.3) is 0 Å². The Morgan fingerprint density at radius 3 is 2.67 bits per heavy atom. The first-order valence-corrected chi connectivity index (χ1v) is 9.70. The van der Waals surface area contributed by atoms with Gasteiger partial charge in [-0.2, -0.15) is 0 Å². The van der Waals surface area contributed by atoms with Crippen molar-refractivity contribution in [2.75, 3.05) is 18.4 Å². The van der Waals surface area contributed by atoms with E-state index >= 15 is 0 Å². The van der Waals surface area contributed by atoms with E-state index in [1.54, 1.807) is 12.1 Å². The zero-order chi connectivity index (χ0) is 18.9. The van der Waals surface area contributed by atoms with Crippen LogP contribution in [0.15, 0.2) is 42.5 Å². The van der Waals surface area contributed by atoms with Crippen LogP contribution >= 0.6 is 11.6 Å².